The van der Waals surface area contributed by atoms with Crippen molar-refractivity contribution in [2.45, 2.75) is 91.1 Å². The van der Waals surface area contributed by atoms with Crippen LogP contribution in [0.3, 0.4) is 0 Å². The molecule has 1 atom stereocenters. The van der Waals surface area contributed by atoms with Crippen LogP contribution >= 0.6 is 11.3 Å². The number of aromatic nitrogens is 1. The molecule has 1 N–H and O–H groups in total. The van der Waals surface area contributed by atoms with E-state index in [1.165, 1.54) is 57.8 Å². The van der Waals surface area contributed by atoms with Crippen LogP contribution in [-0.4, -0.2) is 10.1 Å². The van der Waals surface area contributed by atoms with E-state index in [4.69, 9.17) is 0 Å². The van der Waals surface area contributed by atoms with E-state index in [1.807, 2.05) is 5.38 Å². The van der Waals surface area contributed by atoms with Crippen molar-refractivity contribution < 1.29 is 5.11 Å². The average Bonchev–Trinajstić information content (AvgIpc) is 2.95. The third kappa shape index (κ3) is 9.49. The number of hydrogen-bond donors (Lipinski definition) is 1. The topological polar surface area (TPSA) is 33.1 Å². The Labute approximate surface area is 129 Å². The Bertz CT molecular complexity index is 287. The summed E-state index contributed by atoms with van der Waals surface area (Å²) < 4.78 is 0. The number of unbranched alkanes of at least 4 members (excludes halogenated alkanes) is 9. The lowest BCUT2D eigenvalue weighted by molar-refractivity contribution is 0.163. The molecule has 3 heteroatoms. The third-order valence-electron chi connectivity index (χ3n) is 3.57. The molecule has 0 aromatic carbocycles. The molecule has 0 saturated carbocycles. The van der Waals surface area contributed by atoms with Gasteiger partial charge in [0.2, 0.25) is 0 Å². The first-order valence-electron chi connectivity index (χ1n) is 7.92. The Hall–Kier alpha value is -0.410. The summed E-state index contributed by atoms with van der Waals surface area (Å²) in [5, 5.41) is 12.7. The van der Waals surface area contributed by atoms with Crippen LogP contribution in [0.4, 0.5) is 0 Å². The van der Waals surface area contributed by atoms with E-state index in [-0.39, 0.29) is 13.5 Å². The van der Waals surface area contributed by atoms with Gasteiger partial charge in [-0.3, -0.25) is 0 Å². The molecule has 0 amide bonds. The fraction of sp³-hybridized carbons (Fsp3) is 0.824. The number of aliphatic hydroxyl groups excluding tert-OH is 1. The van der Waals surface area contributed by atoms with Crippen molar-refractivity contribution in [2.75, 3.05) is 0 Å². The van der Waals surface area contributed by atoms with Gasteiger partial charge in [-0.05, 0) is 6.42 Å². The van der Waals surface area contributed by atoms with E-state index in [1.54, 1.807) is 17.5 Å². The monoisotopic (exact) mass is 299 g/mol. The summed E-state index contributed by atoms with van der Waals surface area (Å²) >= 11 is 1.55. The molecule has 1 rings (SSSR count). The molecule has 118 valence electrons. The van der Waals surface area contributed by atoms with Gasteiger partial charge in [-0.1, -0.05) is 78.6 Å². The molecule has 0 fully saturated rings. The Balaban J connectivity index is 0.00000361. The second kappa shape index (κ2) is 13.6. The highest BCUT2D eigenvalue weighted by atomic mass is 32.1. The first-order valence-corrected chi connectivity index (χ1v) is 8.80. The van der Waals surface area contributed by atoms with Crippen molar-refractivity contribution in [3.8, 4) is 0 Å². The van der Waals surface area contributed by atoms with Crippen molar-refractivity contribution >= 4 is 11.3 Å². The molecule has 0 aliphatic heterocycles. The molecule has 0 radical (unpaired) electrons. The summed E-state index contributed by atoms with van der Waals surface area (Å²) in [6, 6.07) is 0. The van der Waals surface area contributed by atoms with Crippen LogP contribution in [0.5, 0.6) is 0 Å². The normalized spacial score (nSPS) is 12.1. The van der Waals surface area contributed by atoms with Gasteiger partial charge in [0.15, 0.2) is 0 Å². The zero-order valence-corrected chi connectivity index (χ0v) is 13.1. The molecule has 1 aromatic rings. The molecule has 0 aliphatic carbocycles. The maximum atomic E-state index is 9.88. The lowest BCUT2D eigenvalue weighted by Crippen LogP contribution is -1.96. The summed E-state index contributed by atoms with van der Waals surface area (Å²) in [6.07, 6.45) is 15.7. The maximum absolute atomic E-state index is 9.88. The second-order valence-corrected chi connectivity index (χ2v) is 6.28. The summed E-state index contributed by atoms with van der Waals surface area (Å²) in [7, 11) is 0. The van der Waals surface area contributed by atoms with Crippen molar-refractivity contribution in [3.63, 3.8) is 0 Å². The Kier molecular flexibility index (Phi) is 13.3. The van der Waals surface area contributed by atoms with Gasteiger partial charge in [0.25, 0.3) is 0 Å². The second-order valence-electron chi connectivity index (χ2n) is 5.36. The summed E-state index contributed by atoms with van der Waals surface area (Å²) in [5.41, 5.74) is 0. The minimum absolute atomic E-state index is 0. The van der Waals surface area contributed by atoms with Crippen molar-refractivity contribution in [1.29, 1.82) is 0 Å². The molecular formula is C17H33NOS. The van der Waals surface area contributed by atoms with Crippen LogP contribution in [0.15, 0.2) is 11.6 Å². The average molecular weight is 300 g/mol. The van der Waals surface area contributed by atoms with Crippen LogP contribution < -0.4 is 0 Å². The Morgan fingerprint density at radius 3 is 2.05 bits per heavy atom. The van der Waals surface area contributed by atoms with Gasteiger partial charge in [-0.2, -0.15) is 0 Å². The van der Waals surface area contributed by atoms with Gasteiger partial charge < -0.3 is 5.11 Å². The number of aliphatic hydroxyl groups is 1. The van der Waals surface area contributed by atoms with Crippen LogP contribution in [0.25, 0.3) is 0 Å². The number of nitrogens with zero attached hydrogens (tertiary/aromatic N) is 1. The minimum atomic E-state index is -0.339. The van der Waals surface area contributed by atoms with Gasteiger partial charge in [0, 0.05) is 11.6 Å². The van der Waals surface area contributed by atoms with E-state index < -0.39 is 0 Å². The van der Waals surface area contributed by atoms with Crippen LogP contribution in [0.2, 0.25) is 0 Å². The van der Waals surface area contributed by atoms with Gasteiger partial charge in [0.05, 0.1) is 0 Å². The first kappa shape index (κ1) is 19.6. The van der Waals surface area contributed by atoms with Crippen LogP contribution in [0, 0.1) is 0 Å². The molecule has 0 saturated heterocycles. The van der Waals surface area contributed by atoms with Gasteiger partial charge in [0.1, 0.15) is 11.1 Å². The van der Waals surface area contributed by atoms with Gasteiger partial charge >= 0.3 is 0 Å². The van der Waals surface area contributed by atoms with E-state index in [2.05, 4.69) is 11.9 Å². The number of thiazole rings is 1. The Morgan fingerprint density at radius 2 is 1.55 bits per heavy atom. The summed E-state index contributed by atoms with van der Waals surface area (Å²) in [6.45, 7) is 2.26. The quantitative estimate of drug-likeness (QED) is 0.471. The van der Waals surface area contributed by atoms with E-state index >= 15 is 0 Å². The molecule has 1 heterocycles. The number of hydrogen-bond acceptors (Lipinski definition) is 3. The van der Waals surface area contributed by atoms with Crippen LogP contribution in [-0.2, 0) is 0 Å². The van der Waals surface area contributed by atoms with E-state index in [0.29, 0.717) is 0 Å². The molecule has 0 spiro atoms. The zero-order chi connectivity index (χ0) is 13.8. The largest absolute Gasteiger partial charge is 0.386 e. The zero-order valence-electron chi connectivity index (χ0n) is 12.3. The molecule has 20 heavy (non-hydrogen) atoms. The molecular weight excluding hydrogens is 266 g/mol. The molecule has 1 unspecified atom stereocenters. The summed E-state index contributed by atoms with van der Waals surface area (Å²) in [4.78, 5) is 4.15. The SMILES string of the molecule is C.CCCCCCCCCCCCC(O)c1nccs1. The predicted molar refractivity (Wildman–Crippen MR) is 90.3 cm³/mol. The lowest BCUT2D eigenvalue weighted by atomic mass is 10.0. The standard InChI is InChI=1S/C16H29NOS.CH4/c1-2-3-4-5-6-7-8-9-10-11-12-15(18)16-17-13-14-19-16;/h13-15,18H,2-12H2,1H3;1H4. The number of rotatable bonds is 12. The maximum Gasteiger partial charge on any atom is 0.121 e. The van der Waals surface area contributed by atoms with E-state index in [0.717, 1.165) is 17.8 Å². The predicted octanol–water partition coefficient (Wildman–Crippen LogP) is 6.12. The van der Waals surface area contributed by atoms with Crippen LogP contribution in [0.1, 0.15) is 96.1 Å². The molecule has 0 aliphatic rings. The highest BCUT2D eigenvalue weighted by Gasteiger charge is 2.08. The molecule has 1 aromatic heterocycles. The smallest absolute Gasteiger partial charge is 0.121 e. The summed E-state index contributed by atoms with van der Waals surface area (Å²) in [5.74, 6) is 0. The lowest BCUT2D eigenvalue weighted by Gasteiger charge is -2.07. The van der Waals surface area contributed by atoms with Gasteiger partial charge in [-0.25, -0.2) is 4.98 Å². The third-order valence-corrected chi connectivity index (χ3v) is 4.44. The van der Waals surface area contributed by atoms with Crippen molar-refractivity contribution in [1.82, 2.24) is 4.98 Å². The fourth-order valence-electron chi connectivity index (χ4n) is 2.35. The Morgan fingerprint density at radius 1 is 1.00 bits per heavy atom. The highest BCUT2D eigenvalue weighted by Crippen LogP contribution is 2.21. The fourth-order valence-corrected chi connectivity index (χ4v) is 3.01. The van der Waals surface area contributed by atoms with E-state index in [9.17, 15) is 5.11 Å². The highest BCUT2D eigenvalue weighted by molar-refractivity contribution is 7.09. The van der Waals surface area contributed by atoms with Crippen molar-refractivity contribution in [3.05, 3.63) is 16.6 Å². The first-order chi connectivity index (χ1) is 9.34. The molecule has 2 nitrogen and oxygen atoms in total. The molecule has 0 bridgehead atoms. The van der Waals surface area contributed by atoms with Crippen molar-refractivity contribution in [2.24, 2.45) is 0 Å². The van der Waals surface area contributed by atoms with Gasteiger partial charge in [-0.15, -0.1) is 11.3 Å². The minimum Gasteiger partial charge on any atom is -0.386 e.